The van der Waals surface area contributed by atoms with E-state index in [2.05, 4.69) is 24.4 Å². The number of esters is 1. The van der Waals surface area contributed by atoms with Gasteiger partial charge in [-0.3, -0.25) is 4.79 Å². The van der Waals surface area contributed by atoms with E-state index in [0.29, 0.717) is 19.4 Å². The van der Waals surface area contributed by atoms with Crippen LogP contribution in [-0.2, 0) is 14.3 Å². The Labute approximate surface area is 179 Å². The van der Waals surface area contributed by atoms with Gasteiger partial charge in [-0.1, -0.05) is 89.7 Å². The van der Waals surface area contributed by atoms with Crippen molar-refractivity contribution >= 4 is 11.9 Å². The van der Waals surface area contributed by atoms with Crippen LogP contribution in [0.1, 0.15) is 122 Å². The lowest BCUT2D eigenvalue weighted by molar-refractivity contribution is -0.146. The van der Waals surface area contributed by atoms with E-state index in [-0.39, 0.29) is 11.9 Å². The lowest BCUT2D eigenvalue weighted by Gasteiger charge is -2.09. The molecule has 1 atom stereocenters. The molecule has 4 heteroatoms. The Kier molecular flexibility index (Phi) is 16.6. The second-order valence-electron chi connectivity index (χ2n) is 8.47. The summed E-state index contributed by atoms with van der Waals surface area (Å²) in [7, 11) is 0. The first kappa shape index (κ1) is 25.7. The maximum absolute atomic E-state index is 11.7. The molecule has 0 saturated carbocycles. The molecule has 1 aliphatic rings. The predicted octanol–water partition coefficient (Wildman–Crippen LogP) is 6.63. The van der Waals surface area contributed by atoms with E-state index >= 15 is 0 Å². The molecule has 4 nitrogen and oxygen atoms in total. The molecular weight excluding hydrogens is 362 g/mol. The Morgan fingerprint density at radius 3 is 1.90 bits per heavy atom. The molecule has 168 valence electrons. The topological polar surface area (TPSA) is 55.4 Å². The van der Waals surface area contributed by atoms with Gasteiger partial charge in [0.2, 0.25) is 5.91 Å². The SMILES string of the molecule is CCCCC/C=C/CCCCCCCCCCCCCOC(=O)[C@@H]1CCC(=O)N1. The van der Waals surface area contributed by atoms with Crippen LogP contribution in [0.15, 0.2) is 12.2 Å². The van der Waals surface area contributed by atoms with Crippen LogP contribution >= 0.6 is 0 Å². The lowest BCUT2D eigenvalue weighted by Crippen LogP contribution is -2.34. The van der Waals surface area contributed by atoms with Crippen molar-refractivity contribution in [2.45, 2.75) is 129 Å². The number of nitrogens with one attached hydrogen (secondary N) is 1. The van der Waals surface area contributed by atoms with Crippen molar-refractivity contribution in [3.8, 4) is 0 Å². The zero-order chi connectivity index (χ0) is 21.0. The molecule has 1 N–H and O–H groups in total. The quantitative estimate of drug-likeness (QED) is 0.149. The van der Waals surface area contributed by atoms with Crippen LogP contribution in [0.2, 0.25) is 0 Å². The Hall–Kier alpha value is -1.32. The smallest absolute Gasteiger partial charge is 0.328 e. The lowest BCUT2D eigenvalue weighted by atomic mass is 10.0. The molecule has 0 aliphatic carbocycles. The molecule has 1 heterocycles. The summed E-state index contributed by atoms with van der Waals surface area (Å²) in [6, 6.07) is -0.408. The van der Waals surface area contributed by atoms with Gasteiger partial charge in [0.05, 0.1) is 6.61 Å². The molecule has 0 bridgehead atoms. The average Bonchev–Trinajstić information content (AvgIpc) is 3.16. The first-order valence-electron chi connectivity index (χ1n) is 12.3. The first-order chi connectivity index (χ1) is 14.2. The summed E-state index contributed by atoms with van der Waals surface area (Å²) >= 11 is 0. The van der Waals surface area contributed by atoms with Gasteiger partial charge >= 0.3 is 5.97 Å². The molecule has 1 saturated heterocycles. The van der Waals surface area contributed by atoms with Crippen molar-refractivity contribution in [2.24, 2.45) is 0 Å². The number of carbonyl (C=O) groups is 2. The number of allylic oxidation sites excluding steroid dienone is 2. The second kappa shape index (κ2) is 18.7. The van der Waals surface area contributed by atoms with Crippen LogP contribution in [0.25, 0.3) is 0 Å². The molecule has 0 aromatic rings. The summed E-state index contributed by atoms with van der Waals surface area (Å²) in [5.74, 6) is -0.309. The molecule has 0 unspecified atom stereocenters. The van der Waals surface area contributed by atoms with Gasteiger partial charge in [0.15, 0.2) is 0 Å². The Bertz CT molecular complexity index is 447. The fourth-order valence-corrected chi connectivity index (χ4v) is 3.77. The molecule has 1 rings (SSSR count). The van der Waals surface area contributed by atoms with Crippen LogP contribution in [0, 0.1) is 0 Å². The molecular formula is C25H45NO3. The van der Waals surface area contributed by atoms with Crippen molar-refractivity contribution in [2.75, 3.05) is 6.61 Å². The van der Waals surface area contributed by atoms with Crippen LogP contribution < -0.4 is 5.32 Å². The number of unbranched alkanes of at least 4 members (excludes halogenated alkanes) is 14. The number of ether oxygens (including phenoxy) is 1. The third kappa shape index (κ3) is 15.2. The highest BCUT2D eigenvalue weighted by molar-refractivity contribution is 5.87. The number of hydrogen-bond donors (Lipinski definition) is 1. The summed E-state index contributed by atoms with van der Waals surface area (Å²) in [6.07, 6.45) is 26.4. The number of rotatable bonds is 19. The van der Waals surface area contributed by atoms with Gasteiger partial charge in [-0.05, 0) is 38.5 Å². The van der Waals surface area contributed by atoms with Gasteiger partial charge in [-0.15, -0.1) is 0 Å². The van der Waals surface area contributed by atoms with Gasteiger partial charge in [0, 0.05) is 6.42 Å². The summed E-state index contributed by atoms with van der Waals surface area (Å²) in [5, 5.41) is 2.65. The summed E-state index contributed by atoms with van der Waals surface area (Å²) in [5.41, 5.74) is 0. The van der Waals surface area contributed by atoms with Crippen molar-refractivity contribution < 1.29 is 14.3 Å². The van der Waals surface area contributed by atoms with Gasteiger partial charge < -0.3 is 10.1 Å². The Morgan fingerprint density at radius 1 is 0.862 bits per heavy atom. The van der Waals surface area contributed by atoms with Crippen LogP contribution in [0.5, 0.6) is 0 Å². The van der Waals surface area contributed by atoms with Gasteiger partial charge in [-0.2, -0.15) is 0 Å². The van der Waals surface area contributed by atoms with Gasteiger partial charge in [-0.25, -0.2) is 4.79 Å². The minimum atomic E-state index is -0.408. The minimum Gasteiger partial charge on any atom is -0.464 e. The molecule has 1 amide bonds. The monoisotopic (exact) mass is 407 g/mol. The number of carbonyl (C=O) groups excluding carboxylic acids is 2. The minimum absolute atomic E-state index is 0.0442. The predicted molar refractivity (Wildman–Crippen MR) is 121 cm³/mol. The molecule has 0 spiro atoms. The van der Waals surface area contributed by atoms with E-state index in [1.54, 1.807) is 0 Å². The van der Waals surface area contributed by atoms with Crippen LogP contribution in [-0.4, -0.2) is 24.5 Å². The van der Waals surface area contributed by atoms with Crippen molar-refractivity contribution in [3.05, 3.63) is 12.2 Å². The van der Waals surface area contributed by atoms with Crippen molar-refractivity contribution in [1.29, 1.82) is 0 Å². The number of hydrogen-bond acceptors (Lipinski definition) is 3. The van der Waals surface area contributed by atoms with E-state index in [9.17, 15) is 9.59 Å². The standard InChI is InChI=1S/C25H45NO3/c1-2-3-4-5-6-7-8-9-10-11-12-13-14-15-16-17-18-19-22-29-25(28)23-20-21-24(27)26-23/h6-7,23H,2-5,8-22H2,1H3,(H,26,27)/b7-6+/t23-/m0/s1. The van der Waals surface area contributed by atoms with E-state index in [0.717, 1.165) is 12.8 Å². The van der Waals surface area contributed by atoms with Crippen LogP contribution in [0.3, 0.4) is 0 Å². The zero-order valence-corrected chi connectivity index (χ0v) is 18.9. The summed E-state index contributed by atoms with van der Waals surface area (Å²) in [6.45, 7) is 2.74. The maximum atomic E-state index is 11.7. The largest absolute Gasteiger partial charge is 0.464 e. The van der Waals surface area contributed by atoms with Crippen molar-refractivity contribution in [1.82, 2.24) is 5.32 Å². The second-order valence-corrected chi connectivity index (χ2v) is 8.47. The van der Waals surface area contributed by atoms with E-state index < -0.39 is 6.04 Å². The molecule has 1 fully saturated rings. The zero-order valence-electron chi connectivity index (χ0n) is 18.9. The first-order valence-corrected chi connectivity index (χ1v) is 12.3. The normalized spacial score (nSPS) is 16.4. The molecule has 29 heavy (non-hydrogen) atoms. The number of amides is 1. The molecule has 0 radical (unpaired) electrons. The highest BCUT2D eigenvalue weighted by atomic mass is 16.5. The fourth-order valence-electron chi connectivity index (χ4n) is 3.77. The maximum Gasteiger partial charge on any atom is 0.328 e. The highest BCUT2D eigenvalue weighted by Gasteiger charge is 2.28. The third-order valence-electron chi connectivity index (χ3n) is 5.68. The Morgan fingerprint density at radius 2 is 1.38 bits per heavy atom. The molecule has 0 aromatic carbocycles. The Balaban J connectivity index is 1.73. The van der Waals surface area contributed by atoms with E-state index in [1.807, 2.05) is 0 Å². The summed E-state index contributed by atoms with van der Waals surface area (Å²) in [4.78, 5) is 22.8. The third-order valence-corrected chi connectivity index (χ3v) is 5.68. The van der Waals surface area contributed by atoms with Gasteiger partial charge in [0.25, 0.3) is 0 Å². The molecule has 1 aliphatic heterocycles. The molecule has 0 aromatic heterocycles. The highest BCUT2D eigenvalue weighted by Crippen LogP contribution is 2.13. The fraction of sp³-hybridized carbons (Fsp3) is 0.840. The van der Waals surface area contributed by atoms with E-state index in [1.165, 1.54) is 89.9 Å². The van der Waals surface area contributed by atoms with Crippen LogP contribution in [0.4, 0.5) is 0 Å². The average molecular weight is 408 g/mol. The van der Waals surface area contributed by atoms with Crippen molar-refractivity contribution in [3.63, 3.8) is 0 Å². The summed E-state index contributed by atoms with van der Waals surface area (Å²) < 4.78 is 5.25. The van der Waals surface area contributed by atoms with E-state index in [4.69, 9.17) is 4.74 Å². The van der Waals surface area contributed by atoms with Gasteiger partial charge in [0.1, 0.15) is 6.04 Å².